The van der Waals surface area contributed by atoms with Gasteiger partial charge in [0.2, 0.25) is 5.91 Å². The molecule has 0 saturated heterocycles. The van der Waals surface area contributed by atoms with Crippen molar-refractivity contribution in [3.8, 4) is 0 Å². The van der Waals surface area contributed by atoms with Crippen LogP contribution in [0.25, 0.3) is 0 Å². The van der Waals surface area contributed by atoms with Crippen molar-refractivity contribution in [2.45, 2.75) is 13.8 Å². The predicted octanol–water partition coefficient (Wildman–Crippen LogP) is 1.29. The maximum absolute atomic E-state index is 11.0. The smallest absolute Gasteiger partial charge is 0.248 e. The van der Waals surface area contributed by atoms with E-state index in [-0.39, 0.29) is 0 Å². The van der Waals surface area contributed by atoms with Crippen molar-refractivity contribution in [1.82, 2.24) is 0 Å². The van der Waals surface area contributed by atoms with Gasteiger partial charge in [-0.25, -0.2) is 0 Å². The Balaban J connectivity index is 2.87. The fourth-order valence-electron chi connectivity index (χ4n) is 1.50. The Kier molecular flexibility index (Phi) is 5.35. The number of rotatable bonds is 6. The van der Waals surface area contributed by atoms with Crippen LogP contribution in [-0.2, 0) is 0 Å². The van der Waals surface area contributed by atoms with Crippen LogP contribution in [0.15, 0.2) is 29.3 Å². The summed E-state index contributed by atoms with van der Waals surface area (Å²) in [6.07, 6.45) is 0. The number of benzene rings is 1. The number of anilines is 2. The average molecular weight is 264 g/mol. The maximum atomic E-state index is 11.0. The fourth-order valence-corrected chi connectivity index (χ4v) is 1.50. The Morgan fingerprint density at radius 2 is 1.95 bits per heavy atom. The van der Waals surface area contributed by atoms with E-state index in [1.807, 2.05) is 19.3 Å². The SMILES string of the molecule is C/C(CN)=C(/C)CNc1ccc(C(N)=O)cc1NO. The zero-order valence-electron chi connectivity index (χ0n) is 11.2. The molecule has 0 aliphatic rings. The van der Waals surface area contributed by atoms with E-state index in [2.05, 4.69) is 5.32 Å². The monoisotopic (exact) mass is 264 g/mol. The lowest BCUT2D eigenvalue weighted by Gasteiger charge is -2.13. The fraction of sp³-hybridized carbons (Fsp3) is 0.308. The van der Waals surface area contributed by atoms with Crippen LogP contribution >= 0.6 is 0 Å². The Morgan fingerprint density at radius 3 is 2.47 bits per heavy atom. The van der Waals surface area contributed by atoms with Crippen molar-refractivity contribution in [2.75, 3.05) is 23.9 Å². The van der Waals surface area contributed by atoms with Crippen molar-refractivity contribution in [1.29, 1.82) is 0 Å². The molecular formula is C13H20N4O2. The van der Waals surface area contributed by atoms with Crippen molar-refractivity contribution in [3.05, 3.63) is 34.9 Å². The molecular weight excluding hydrogens is 244 g/mol. The Bertz CT molecular complexity index is 497. The summed E-state index contributed by atoms with van der Waals surface area (Å²) >= 11 is 0. The van der Waals surface area contributed by atoms with Crippen LogP contribution in [0.4, 0.5) is 11.4 Å². The highest BCUT2D eigenvalue weighted by Gasteiger charge is 2.07. The van der Waals surface area contributed by atoms with E-state index in [0.717, 1.165) is 11.1 Å². The summed E-state index contributed by atoms with van der Waals surface area (Å²) in [4.78, 5) is 11.0. The second-order valence-corrected chi connectivity index (χ2v) is 4.35. The number of carbonyl (C=O) groups is 1. The molecule has 0 bridgehead atoms. The quantitative estimate of drug-likeness (QED) is 0.392. The normalized spacial score (nSPS) is 11.8. The minimum absolute atomic E-state index is 0.326. The van der Waals surface area contributed by atoms with Crippen LogP contribution in [0.2, 0.25) is 0 Å². The molecule has 1 amide bonds. The summed E-state index contributed by atoms with van der Waals surface area (Å²) in [6.45, 7) is 5.07. The Hall–Kier alpha value is -2.05. The van der Waals surface area contributed by atoms with E-state index in [1.54, 1.807) is 12.1 Å². The first kappa shape index (κ1) is 15.0. The molecule has 0 aromatic heterocycles. The third-order valence-corrected chi connectivity index (χ3v) is 3.00. The molecule has 0 aliphatic carbocycles. The van der Waals surface area contributed by atoms with Crippen LogP contribution in [0, 0.1) is 0 Å². The number of nitrogens with one attached hydrogen (secondary N) is 2. The average Bonchev–Trinajstić information content (AvgIpc) is 2.43. The lowest BCUT2D eigenvalue weighted by atomic mass is 10.1. The molecule has 0 radical (unpaired) electrons. The van der Waals surface area contributed by atoms with E-state index in [9.17, 15) is 4.79 Å². The van der Waals surface area contributed by atoms with Crippen LogP contribution in [-0.4, -0.2) is 24.2 Å². The summed E-state index contributed by atoms with van der Waals surface area (Å²) in [7, 11) is 0. The number of carbonyl (C=O) groups excluding carboxylic acids is 1. The number of primary amides is 1. The molecule has 19 heavy (non-hydrogen) atoms. The molecule has 0 fully saturated rings. The molecule has 0 spiro atoms. The molecule has 104 valence electrons. The van der Waals surface area contributed by atoms with E-state index >= 15 is 0 Å². The van der Waals surface area contributed by atoms with Gasteiger partial charge in [-0.3, -0.25) is 15.5 Å². The lowest BCUT2D eigenvalue weighted by molar-refractivity contribution is 0.100. The predicted molar refractivity (Wildman–Crippen MR) is 76.3 cm³/mol. The maximum Gasteiger partial charge on any atom is 0.248 e. The second kappa shape index (κ2) is 6.77. The highest BCUT2D eigenvalue weighted by molar-refractivity contribution is 5.95. The molecule has 7 N–H and O–H groups in total. The van der Waals surface area contributed by atoms with Gasteiger partial charge in [-0.1, -0.05) is 11.1 Å². The third kappa shape index (κ3) is 3.97. The molecule has 6 heteroatoms. The summed E-state index contributed by atoms with van der Waals surface area (Å²) < 4.78 is 0. The van der Waals surface area contributed by atoms with Crippen LogP contribution in [0.5, 0.6) is 0 Å². The second-order valence-electron chi connectivity index (χ2n) is 4.35. The molecule has 0 unspecified atom stereocenters. The van der Waals surface area contributed by atoms with E-state index in [4.69, 9.17) is 16.7 Å². The molecule has 0 heterocycles. The molecule has 1 rings (SSSR count). The van der Waals surface area contributed by atoms with Gasteiger partial charge in [0, 0.05) is 18.7 Å². The Labute approximate surface area is 112 Å². The van der Waals surface area contributed by atoms with Gasteiger partial charge in [0.25, 0.3) is 0 Å². The molecule has 0 aliphatic heterocycles. The third-order valence-electron chi connectivity index (χ3n) is 3.00. The molecule has 6 nitrogen and oxygen atoms in total. The van der Waals surface area contributed by atoms with Gasteiger partial charge in [0.1, 0.15) is 0 Å². The summed E-state index contributed by atoms with van der Waals surface area (Å²) in [5.41, 5.74) is 16.4. The molecule has 0 saturated carbocycles. The lowest BCUT2D eigenvalue weighted by Crippen LogP contribution is -2.13. The van der Waals surface area contributed by atoms with Gasteiger partial charge < -0.3 is 16.8 Å². The zero-order chi connectivity index (χ0) is 14.4. The number of hydrogen-bond donors (Lipinski definition) is 5. The minimum atomic E-state index is -0.543. The van der Waals surface area contributed by atoms with Crippen molar-refractivity contribution < 1.29 is 10.0 Å². The first-order chi connectivity index (χ1) is 8.99. The first-order valence-corrected chi connectivity index (χ1v) is 5.92. The minimum Gasteiger partial charge on any atom is -0.380 e. The van der Waals surface area contributed by atoms with Crippen LogP contribution in [0.3, 0.4) is 0 Å². The topological polar surface area (TPSA) is 113 Å². The molecule has 0 atom stereocenters. The van der Waals surface area contributed by atoms with Gasteiger partial charge in [0.15, 0.2) is 0 Å². The van der Waals surface area contributed by atoms with Crippen LogP contribution < -0.4 is 22.3 Å². The molecule has 1 aromatic carbocycles. The number of amides is 1. The summed E-state index contributed by atoms with van der Waals surface area (Å²) in [5, 5.41) is 12.2. The highest BCUT2D eigenvalue weighted by atomic mass is 16.5. The van der Waals surface area contributed by atoms with E-state index in [0.29, 0.717) is 30.0 Å². The van der Waals surface area contributed by atoms with Gasteiger partial charge >= 0.3 is 0 Å². The summed E-state index contributed by atoms with van der Waals surface area (Å²) in [6, 6.07) is 4.77. The van der Waals surface area contributed by atoms with Gasteiger partial charge in [0.05, 0.1) is 11.4 Å². The largest absolute Gasteiger partial charge is 0.380 e. The van der Waals surface area contributed by atoms with Gasteiger partial charge in [-0.2, -0.15) is 0 Å². The van der Waals surface area contributed by atoms with Crippen molar-refractivity contribution in [3.63, 3.8) is 0 Å². The summed E-state index contributed by atoms with van der Waals surface area (Å²) in [5.74, 6) is -0.543. The molecule has 1 aromatic rings. The van der Waals surface area contributed by atoms with Crippen molar-refractivity contribution in [2.24, 2.45) is 11.5 Å². The van der Waals surface area contributed by atoms with Crippen molar-refractivity contribution >= 4 is 17.3 Å². The van der Waals surface area contributed by atoms with Gasteiger partial charge in [-0.05, 0) is 32.0 Å². The standard InChI is InChI=1S/C13H20N4O2/c1-8(6-14)9(2)7-16-11-4-3-10(13(15)18)5-12(11)17-19/h3-5,16-17,19H,6-7,14H2,1-2H3,(H2,15,18)/b9-8+. The zero-order valence-corrected chi connectivity index (χ0v) is 11.2. The van der Waals surface area contributed by atoms with Crippen LogP contribution in [0.1, 0.15) is 24.2 Å². The first-order valence-electron chi connectivity index (χ1n) is 5.92. The van der Waals surface area contributed by atoms with E-state index in [1.165, 1.54) is 6.07 Å². The Morgan fingerprint density at radius 1 is 1.26 bits per heavy atom. The van der Waals surface area contributed by atoms with E-state index < -0.39 is 5.91 Å². The highest BCUT2D eigenvalue weighted by Crippen LogP contribution is 2.23. The number of nitrogens with two attached hydrogens (primary N) is 2. The van der Waals surface area contributed by atoms with Gasteiger partial charge in [-0.15, -0.1) is 0 Å². The number of hydrogen-bond acceptors (Lipinski definition) is 5.